The zero-order valence-electron chi connectivity index (χ0n) is 5.49. The van der Waals surface area contributed by atoms with Crippen LogP contribution in [0.25, 0.3) is 0 Å². The summed E-state index contributed by atoms with van der Waals surface area (Å²) in [6.07, 6.45) is -2.15. The minimum atomic E-state index is -4.36. The van der Waals surface area contributed by atoms with Gasteiger partial charge in [-0.1, -0.05) is 0 Å². The lowest BCUT2D eigenvalue weighted by atomic mass is 10.3. The molecule has 0 atom stereocenters. The molecule has 1 rings (SSSR count). The van der Waals surface area contributed by atoms with E-state index in [0.717, 1.165) is 12.4 Å². The van der Waals surface area contributed by atoms with Gasteiger partial charge in [-0.15, -0.1) is 0 Å². The maximum Gasteiger partial charge on any atom is 0.418 e. The van der Waals surface area contributed by atoms with Crippen molar-refractivity contribution in [3.05, 3.63) is 26.9 Å². The molecule has 0 N–H and O–H groups in total. The second-order valence-corrected chi connectivity index (χ2v) is 3.68. The van der Waals surface area contributed by atoms with Crippen molar-refractivity contribution in [3.63, 3.8) is 0 Å². The topological polar surface area (TPSA) is 12.9 Å². The number of pyridine rings is 1. The number of hydrogen-bond donors (Lipinski definition) is 0. The van der Waals surface area contributed by atoms with Gasteiger partial charge in [0.1, 0.15) is 0 Å². The molecule has 12 heavy (non-hydrogen) atoms. The molecular formula is C6H2Br2F3N. The number of rotatable bonds is 0. The molecule has 6 heteroatoms. The van der Waals surface area contributed by atoms with Crippen LogP contribution in [0.4, 0.5) is 13.2 Å². The number of halogens is 5. The summed E-state index contributed by atoms with van der Waals surface area (Å²) in [4.78, 5) is 3.56. The Hall–Kier alpha value is -0.100. The van der Waals surface area contributed by atoms with Crippen molar-refractivity contribution in [2.24, 2.45) is 0 Å². The molecule has 0 aliphatic heterocycles. The maximum absolute atomic E-state index is 12.2. The van der Waals surface area contributed by atoms with Gasteiger partial charge in [0.05, 0.1) is 5.56 Å². The lowest BCUT2D eigenvalue weighted by Crippen LogP contribution is -2.07. The molecule has 0 amide bonds. The largest absolute Gasteiger partial charge is 0.418 e. The predicted octanol–water partition coefficient (Wildman–Crippen LogP) is 3.63. The van der Waals surface area contributed by atoms with E-state index in [2.05, 4.69) is 36.8 Å². The van der Waals surface area contributed by atoms with Crippen LogP contribution in [0.3, 0.4) is 0 Å². The van der Waals surface area contributed by atoms with E-state index in [4.69, 9.17) is 0 Å². The Balaban J connectivity index is 3.31. The van der Waals surface area contributed by atoms with Gasteiger partial charge < -0.3 is 0 Å². The molecule has 0 aliphatic carbocycles. The van der Waals surface area contributed by atoms with Gasteiger partial charge in [-0.2, -0.15) is 13.2 Å². The van der Waals surface area contributed by atoms with E-state index >= 15 is 0 Å². The molecule has 0 aromatic carbocycles. The zero-order valence-corrected chi connectivity index (χ0v) is 8.66. The third-order valence-corrected chi connectivity index (χ3v) is 2.34. The molecule has 1 aromatic rings. The van der Waals surface area contributed by atoms with Gasteiger partial charge in [0, 0.05) is 21.3 Å². The minimum Gasteiger partial charge on any atom is -0.262 e. The molecule has 0 radical (unpaired) electrons. The molecule has 1 heterocycles. The van der Waals surface area contributed by atoms with Crippen molar-refractivity contribution in [1.29, 1.82) is 0 Å². The summed E-state index contributed by atoms with van der Waals surface area (Å²) in [7, 11) is 0. The quantitative estimate of drug-likeness (QED) is 0.713. The minimum absolute atomic E-state index is 0.0654. The highest BCUT2D eigenvalue weighted by atomic mass is 79.9. The van der Waals surface area contributed by atoms with Gasteiger partial charge in [-0.05, 0) is 31.9 Å². The Bertz CT molecular complexity index is 277. The molecule has 0 aliphatic rings. The van der Waals surface area contributed by atoms with Crippen LogP contribution < -0.4 is 0 Å². The molecule has 0 spiro atoms. The summed E-state index contributed by atoms with van der Waals surface area (Å²) in [6, 6.07) is 0. The van der Waals surface area contributed by atoms with Crippen LogP contribution in [0, 0.1) is 0 Å². The summed E-state index contributed by atoms with van der Waals surface area (Å²) in [5.41, 5.74) is -0.738. The van der Waals surface area contributed by atoms with Crippen molar-refractivity contribution < 1.29 is 13.2 Å². The summed E-state index contributed by atoms with van der Waals surface area (Å²) in [6.45, 7) is 0. The summed E-state index contributed by atoms with van der Waals surface area (Å²) in [5, 5.41) is 0. The Morgan fingerprint density at radius 3 is 1.75 bits per heavy atom. The first-order valence-corrected chi connectivity index (χ1v) is 4.37. The first kappa shape index (κ1) is 9.98. The van der Waals surface area contributed by atoms with Crippen molar-refractivity contribution in [2.45, 2.75) is 6.18 Å². The van der Waals surface area contributed by atoms with Gasteiger partial charge in [0.25, 0.3) is 0 Å². The van der Waals surface area contributed by atoms with Crippen molar-refractivity contribution in [3.8, 4) is 0 Å². The van der Waals surface area contributed by atoms with Crippen LogP contribution in [0.5, 0.6) is 0 Å². The molecule has 66 valence electrons. The Labute approximate surface area is 83.2 Å². The van der Waals surface area contributed by atoms with E-state index in [-0.39, 0.29) is 8.95 Å². The standard InChI is InChI=1S/C6H2Br2F3N/c7-3-1-12-2-4(8)5(3)6(9,10)11/h1-2H. The summed E-state index contributed by atoms with van der Waals surface area (Å²) >= 11 is 5.54. The van der Waals surface area contributed by atoms with Crippen LogP contribution in [0.2, 0.25) is 0 Å². The summed E-state index contributed by atoms with van der Waals surface area (Å²) < 4.78 is 36.5. The molecule has 0 unspecified atom stereocenters. The van der Waals surface area contributed by atoms with Crippen LogP contribution in [-0.4, -0.2) is 4.98 Å². The van der Waals surface area contributed by atoms with E-state index in [9.17, 15) is 13.2 Å². The normalized spacial score (nSPS) is 11.8. The van der Waals surface area contributed by atoms with Crippen LogP contribution in [0.15, 0.2) is 21.3 Å². The molecule has 0 saturated heterocycles. The lowest BCUT2D eigenvalue weighted by Gasteiger charge is -2.09. The van der Waals surface area contributed by atoms with Crippen LogP contribution >= 0.6 is 31.9 Å². The molecule has 1 nitrogen and oxygen atoms in total. The smallest absolute Gasteiger partial charge is 0.262 e. The lowest BCUT2D eigenvalue weighted by molar-refractivity contribution is -0.138. The number of aromatic nitrogens is 1. The van der Waals surface area contributed by atoms with E-state index in [1.807, 2.05) is 0 Å². The molecule has 0 saturated carbocycles. The van der Waals surface area contributed by atoms with Crippen LogP contribution in [0.1, 0.15) is 5.56 Å². The van der Waals surface area contributed by atoms with E-state index in [1.165, 1.54) is 0 Å². The van der Waals surface area contributed by atoms with Gasteiger partial charge in [0.15, 0.2) is 0 Å². The van der Waals surface area contributed by atoms with Gasteiger partial charge in [0.2, 0.25) is 0 Å². The van der Waals surface area contributed by atoms with E-state index in [0.29, 0.717) is 0 Å². The number of hydrogen-bond acceptors (Lipinski definition) is 1. The monoisotopic (exact) mass is 303 g/mol. The van der Waals surface area contributed by atoms with Crippen molar-refractivity contribution in [1.82, 2.24) is 4.98 Å². The Morgan fingerprint density at radius 1 is 1.08 bits per heavy atom. The second-order valence-electron chi connectivity index (χ2n) is 1.98. The third-order valence-electron chi connectivity index (χ3n) is 1.14. The van der Waals surface area contributed by atoms with Crippen molar-refractivity contribution >= 4 is 31.9 Å². The molecule has 1 aromatic heterocycles. The Kier molecular flexibility index (Phi) is 2.77. The average molecular weight is 305 g/mol. The highest BCUT2D eigenvalue weighted by molar-refractivity contribution is 9.11. The van der Waals surface area contributed by atoms with Gasteiger partial charge >= 0.3 is 6.18 Å². The van der Waals surface area contributed by atoms with Crippen molar-refractivity contribution in [2.75, 3.05) is 0 Å². The fraction of sp³-hybridized carbons (Fsp3) is 0.167. The third kappa shape index (κ3) is 1.98. The highest BCUT2D eigenvalue weighted by Crippen LogP contribution is 2.38. The SMILES string of the molecule is FC(F)(F)c1c(Br)cncc1Br. The maximum atomic E-state index is 12.2. The molecule has 0 bridgehead atoms. The average Bonchev–Trinajstić information content (AvgIpc) is 1.82. The van der Waals surface area contributed by atoms with Crippen LogP contribution in [-0.2, 0) is 6.18 Å². The fourth-order valence-electron chi connectivity index (χ4n) is 0.682. The molecular weight excluding hydrogens is 303 g/mol. The summed E-state index contributed by atoms with van der Waals surface area (Å²) in [5.74, 6) is 0. The van der Waals surface area contributed by atoms with E-state index < -0.39 is 11.7 Å². The highest BCUT2D eigenvalue weighted by Gasteiger charge is 2.35. The number of alkyl halides is 3. The predicted molar refractivity (Wildman–Crippen MR) is 44.6 cm³/mol. The van der Waals surface area contributed by atoms with Gasteiger partial charge in [-0.3, -0.25) is 4.98 Å². The first-order chi connectivity index (χ1) is 5.43. The number of nitrogens with zero attached hydrogens (tertiary/aromatic N) is 1. The fourth-order valence-corrected chi connectivity index (χ4v) is 2.06. The van der Waals surface area contributed by atoms with E-state index in [1.54, 1.807) is 0 Å². The zero-order chi connectivity index (χ0) is 9.35. The second kappa shape index (κ2) is 3.33. The first-order valence-electron chi connectivity index (χ1n) is 2.79. The molecule has 0 fully saturated rings. The van der Waals surface area contributed by atoms with Gasteiger partial charge in [-0.25, -0.2) is 0 Å². The Morgan fingerprint density at radius 2 is 1.50 bits per heavy atom.